The van der Waals surface area contributed by atoms with Gasteiger partial charge in [0, 0.05) is 5.92 Å². The van der Waals surface area contributed by atoms with E-state index in [0.717, 1.165) is 24.5 Å². The molecule has 1 fully saturated rings. The van der Waals surface area contributed by atoms with Gasteiger partial charge in [0.25, 0.3) is 0 Å². The first kappa shape index (κ1) is 12.9. The standard InChI is InChI=1S/C11H11F2NO3S/c1-18(16,17)14-11(15)9-5-7(9)8-4-6(12)2-3-10(8)13/h2-4,7,9H,5H2,1H3,(H,14,15)/t7-,9+/m1/s1. The zero-order valence-corrected chi connectivity index (χ0v) is 10.3. The van der Waals surface area contributed by atoms with Crippen LogP contribution in [0, 0.1) is 17.6 Å². The highest BCUT2D eigenvalue weighted by Crippen LogP contribution is 2.48. The Hall–Kier alpha value is -1.50. The maximum absolute atomic E-state index is 13.4. The van der Waals surface area contributed by atoms with Gasteiger partial charge in [0.05, 0.1) is 6.26 Å². The van der Waals surface area contributed by atoms with Gasteiger partial charge in [-0.3, -0.25) is 9.52 Å². The Morgan fingerprint density at radius 2 is 2.06 bits per heavy atom. The minimum atomic E-state index is -3.62. The fourth-order valence-electron chi connectivity index (χ4n) is 1.89. The predicted octanol–water partition coefficient (Wildman–Crippen LogP) is 1.14. The number of rotatable bonds is 3. The van der Waals surface area contributed by atoms with E-state index in [-0.39, 0.29) is 5.56 Å². The Balaban J connectivity index is 2.11. The van der Waals surface area contributed by atoms with Gasteiger partial charge in [-0.2, -0.15) is 0 Å². The van der Waals surface area contributed by atoms with Gasteiger partial charge in [-0.25, -0.2) is 17.2 Å². The molecule has 0 heterocycles. The third kappa shape index (κ3) is 2.84. The molecule has 4 nitrogen and oxygen atoms in total. The molecular weight excluding hydrogens is 264 g/mol. The smallest absolute Gasteiger partial charge is 0.237 e. The van der Waals surface area contributed by atoms with Crippen molar-refractivity contribution in [3.05, 3.63) is 35.4 Å². The first-order chi connectivity index (χ1) is 8.28. The van der Waals surface area contributed by atoms with Crippen molar-refractivity contribution in [3.63, 3.8) is 0 Å². The Morgan fingerprint density at radius 1 is 1.39 bits per heavy atom. The van der Waals surface area contributed by atoms with Crippen LogP contribution >= 0.6 is 0 Å². The van der Waals surface area contributed by atoms with Gasteiger partial charge in [-0.1, -0.05) is 0 Å². The number of hydrogen-bond donors (Lipinski definition) is 1. The van der Waals surface area contributed by atoms with Crippen LogP contribution in [0.15, 0.2) is 18.2 Å². The molecule has 1 aromatic carbocycles. The normalized spacial score (nSPS) is 22.6. The quantitative estimate of drug-likeness (QED) is 0.900. The van der Waals surface area contributed by atoms with Gasteiger partial charge in [0.2, 0.25) is 15.9 Å². The van der Waals surface area contributed by atoms with Crippen LogP contribution in [0.2, 0.25) is 0 Å². The highest BCUT2D eigenvalue weighted by Gasteiger charge is 2.46. The average molecular weight is 275 g/mol. The van der Waals surface area contributed by atoms with E-state index in [1.165, 1.54) is 0 Å². The van der Waals surface area contributed by atoms with Crippen molar-refractivity contribution in [2.24, 2.45) is 5.92 Å². The highest BCUT2D eigenvalue weighted by molar-refractivity contribution is 7.89. The number of carbonyl (C=O) groups is 1. The molecule has 18 heavy (non-hydrogen) atoms. The lowest BCUT2D eigenvalue weighted by molar-refractivity contribution is -0.120. The second-order valence-corrected chi connectivity index (χ2v) is 6.10. The molecule has 0 spiro atoms. The predicted molar refractivity (Wildman–Crippen MR) is 60.2 cm³/mol. The van der Waals surface area contributed by atoms with Crippen LogP contribution < -0.4 is 4.72 Å². The number of hydrogen-bond acceptors (Lipinski definition) is 3. The number of halogens is 2. The van der Waals surface area contributed by atoms with Crippen molar-refractivity contribution in [2.75, 3.05) is 6.26 Å². The third-order valence-electron chi connectivity index (χ3n) is 2.77. The Kier molecular flexibility index (Phi) is 3.10. The second-order valence-electron chi connectivity index (χ2n) is 4.35. The molecule has 0 bridgehead atoms. The first-order valence-corrected chi connectivity index (χ1v) is 7.13. The summed E-state index contributed by atoms with van der Waals surface area (Å²) in [6.07, 6.45) is 1.19. The van der Waals surface area contributed by atoms with Crippen LogP contribution in [0.1, 0.15) is 17.9 Å². The lowest BCUT2D eigenvalue weighted by Crippen LogP contribution is -2.30. The summed E-state index contributed by atoms with van der Waals surface area (Å²) in [5, 5.41) is 0. The van der Waals surface area contributed by atoms with Crippen molar-refractivity contribution >= 4 is 15.9 Å². The molecule has 1 aliphatic rings. The highest BCUT2D eigenvalue weighted by atomic mass is 32.2. The van der Waals surface area contributed by atoms with Gasteiger partial charge < -0.3 is 0 Å². The Labute approximate surface area is 103 Å². The van der Waals surface area contributed by atoms with Gasteiger partial charge in [0.15, 0.2) is 0 Å². The van der Waals surface area contributed by atoms with Gasteiger partial charge >= 0.3 is 0 Å². The maximum atomic E-state index is 13.4. The molecule has 0 aliphatic heterocycles. The summed E-state index contributed by atoms with van der Waals surface area (Å²) in [6, 6.07) is 3.02. The van der Waals surface area contributed by atoms with Crippen LogP contribution in [0.4, 0.5) is 8.78 Å². The molecule has 7 heteroatoms. The summed E-state index contributed by atoms with van der Waals surface area (Å²) in [6.45, 7) is 0. The van der Waals surface area contributed by atoms with E-state index in [1.54, 1.807) is 0 Å². The van der Waals surface area contributed by atoms with Crippen LogP contribution in [-0.4, -0.2) is 20.6 Å². The van der Waals surface area contributed by atoms with Gasteiger partial charge in [-0.15, -0.1) is 0 Å². The topological polar surface area (TPSA) is 63.2 Å². The minimum absolute atomic E-state index is 0.114. The molecule has 2 atom stereocenters. The average Bonchev–Trinajstić information content (AvgIpc) is 2.99. The lowest BCUT2D eigenvalue weighted by Gasteiger charge is -2.03. The SMILES string of the molecule is CS(=O)(=O)NC(=O)[C@H]1C[C@@H]1c1cc(F)ccc1F. The van der Waals surface area contributed by atoms with Crippen molar-refractivity contribution in [2.45, 2.75) is 12.3 Å². The summed E-state index contributed by atoms with van der Waals surface area (Å²) >= 11 is 0. The number of carbonyl (C=O) groups excluding carboxylic acids is 1. The lowest BCUT2D eigenvalue weighted by atomic mass is 10.1. The van der Waals surface area contributed by atoms with Crippen LogP contribution in [0.3, 0.4) is 0 Å². The zero-order valence-electron chi connectivity index (χ0n) is 9.48. The summed E-state index contributed by atoms with van der Waals surface area (Å²) in [7, 11) is -3.62. The Morgan fingerprint density at radius 3 is 2.67 bits per heavy atom. The number of benzene rings is 1. The molecule has 0 saturated heterocycles. The summed E-state index contributed by atoms with van der Waals surface area (Å²) < 4.78 is 50.0. The largest absolute Gasteiger partial charge is 0.274 e. The van der Waals surface area contributed by atoms with E-state index in [4.69, 9.17) is 0 Å². The summed E-state index contributed by atoms with van der Waals surface area (Å²) in [5.74, 6) is -2.92. The molecule has 1 aromatic rings. The minimum Gasteiger partial charge on any atom is -0.274 e. The molecule has 1 aliphatic carbocycles. The fourth-order valence-corrected chi connectivity index (χ4v) is 2.40. The molecular formula is C11H11F2NO3S. The van der Waals surface area contributed by atoms with Crippen molar-refractivity contribution in [3.8, 4) is 0 Å². The Bertz CT molecular complexity index is 600. The fraction of sp³-hybridized carbons (Fsp3) is 0.364. The molecule has 2 rings (SSSR count). The van der Waals surface area contributed by atoms with Gasteiger partial charge in [0.1, 0.15) is 11.6 Å². The van der Waals surface area contributed by atoms with E-state index in [9.17, 15) is 22.0 Å². The van der Waals surface area contributed by atoms with E-state index < -0.39 is 39.4 Å². The van der Waals surface area contributed by atoms with Crippen LogP contribution in [0.5, 0.6) is 0 Å². The van der Waals surface area contributed by atoms with Crippen molar-refractivity contribution in [1.82, 2.24) is 4.72 Å². The number of sulfonamides is 1. The van der Waals surface area contributed by atoms with E-state index >= 15 is 0 Å². The molecule has 0 radical (unpaired) electrons. The molecule has 0 unspecified atom stereocenters. The molecule has 1 amide bonds. The van der Waals surface area contributed by atoms with Crippen molar-refractivity contribution in [1.29, 1.82) is 0 Å². The van der Waals surface area contributed by atoms with Gasteiger partial charge in [-0.05, 0) is 36.1 Å². The van der Waals surface area contributed by atoms with E-state index in [0.29, 0.717) is 6.42 Å². The zero-order chi connectivity index (χ0) is 13.5. The van der Waals surface area contributed by atoms with Crippen molar-refractivity contribution < 1.29 is 22.0 Å². The summed E-state index contributed by atoms with van der Waals surface area (Å²) in [4.78, 5) is 11.5. The molecule has 1 saturated carbocycles. The number of nitrogens with one attached hydrogen (secondary N) is 1. The number of amides is 1. The summed E-state index contributed by atoms with van der Waals surface area (Å²) in [5.41, 5.74) is 0.114. The van der Waals surface area contributed by atoms with E-state index in [1.807, 2.05) is 4.72 Å². The monoisotopic (exact) mass is 275 g/mol. The van der Waals surface area contributed by atoms with Crippen LogP contribution in [0.25, 0.3) is 0 Å². The molecule has 0 aromatic heterocycles. The molecule has 98 valence electrons. The second kappa shape index (κ2) is 4.31. The maximum Gasteiger partial charge on any atom is 0.237 e. The first-order valence-electron chi connectivity index (χ1n) is 5.24. The third-order valence-corrected chi connectivity index (χ3v) is 3.34. The van der Waals surface area contributed by atoms with E-state index in [2.05, 4.69) is 0 Å². The van der Waals surface area contributed by atoms with Crippen LogP contribution in [-0.2, 0) is 14.8 Å². The molecule has 1 N–H and O–H groups in total.